The summed E-state index contributed by atoms with van der Waals surface area (Å²) in [5.74, 6) is 0.0683. The molecule has 19 heavy (non-hydrogen) atoms. The Balaban J connectivity index is 2.34. The molecule has 0 saturated heterocycles. The highest BCUT2D eigenvalue weighted by atomic mass is 127. The summed E-state index contributed by atoms with van der Waals surface area (Å²) in [6.07, 6.45) is 0. The van der Waals surface area contributed by atoms with E-state index in [1.54, 1.807) is 10.6 Å². The first-order valence-corrected chi connectivity index (χ1v) is 7.32. The highest BCUT2D eigenvalue weighted by Crippen LogP contribution is 2.27. The first-order chi connectivity index (χ1) is 9.06. The van der Waals surface area contributed by atoms with Crippen molar-refractivity contribution in [3.8, 4) is 5.69 Å². The molecule has 3 nitrogen and oxygen atoms in total. The minimum Gasteiger partial charge on any atom is -0.369 e. The van der Waals surface area contributed by atoms with Gasteiger partial charge in [0.25, 0.3) is 0 Å². The van der Waals surface area contributed by atoms with Crippen LogP contribution in [0.3, 0.4) is 0 Å². The molecule has 0 aliphatic carbocycles. The van der Waals surface area contributed by atoms with Crippen LogP contribution in [0.25, 0.3) is 16.7 Å². The first kappa shape index (κ1) is 12.9. The normalized spacial score (nSPS) is 11.1. The van der Waals surface area contributed by atoms with Crippen molar-refractivity contribution in [2.75, 3.05) is 5.73 Å². The molecular formula is C13H8BrFIN3. The molecule has 0 unspecified atom stereocenters. The SMILES string of the molecule is Nc1nc2cc(I)c(F)cc2n1-c1cccc(Br)c1. The lowest BCUT2D eigenvalue weighted by molar-refractivity contribution is 0.622. The summed E-state index contributed by atoms with van der Waals surface area (Å²) in [4.78, 5) is 4.28. The third-order valence-electron chi connectivity index (χ3n) is 2.79. The van der Waals surface area contributed by atoms with Crippen LogP contribution in [0.4, 0.5) is 10.3 Å². The van der Waals surface area contributed by atoms with Crippen LogP contribution < -0.4 is 5.73 Å². The molecule has 2 aromatic carbocycles. The number of nitrogens with zero attached hydrogens (tertiary/aromatic N) is 2. The summed E-state index contributed by atoms with van der Waals surface area (Å²) in [6, 6.07) is 10.8. The lowest BCUT2D eigenvalue weighted by Crippen LogP contribution is -2.00. The average molecular weight is 432 g/mol. The highest BCUT2D eigenvalue weighted by Gasteiger charge is 2.13. The molecule has 0 spiro atoms. The number of imidazole rings is 1. The monoisotopic (exact) mass is 431 g/mol. The molecule has 0 bridgehead atoms. The summed E-state index contributed by atoms with van der Waals surface area (Å²) in [6.45, 7) is 0. The summed E-state index contributed by atoms with van der Waals surface area (Å²) in [5.41, 5.74) is 8.13. The van der Waals surface area contributed by atoms with Gasteiger partial charge in [0, 0.05) is 10.5 Å². The van der Waals surface area contributed by atoms with Crippen molar-refractivity contribution in [3.63, 3.8) is 0 Å². The zero-order valence-electron chi connectivity index (χ0n) is 9.57. The number of rotatable bonds is 1. The van der Waals surface area contributed by atoms with E-state index < -0.39 is 0 Å². The fourth-order valence-electron chi connectivity index (χ4n) is 1.98. The van der Waals surface area contributed by atoms with Gasteiger partial charge in [-0.2, -0.15) is 0 Å². The lowest BCUT2D eigenvalue weighted by atomic mass is 10.2. The second kappa shape index (κ2) is 4.75. The van der Waals surface area contributed by atoms with Gasteiger partial charge in [-0.15, -0.1) is 0 Å². The van der Waals surface area contributed by atoms with Gasteiger partial charge in [0.2, 0.25) is 5.95 Å². The molecule has 0 saturated carbocycles. The number of benzene rings is 2. The maximum absolute atomic E-state index is 13.7. The zero-order valence-corrected chi connectivity index (χ0v) is 13.3. The Morgan fingerprint density at radius 3 is 2.79 bits per heavy atom. The molecule has 3 rings (SSSR count). The largest absolute Gasteiger partial charge is 0.369 e. The number of nitrogen functional groups attached to an aromatic ring is 1. The molecule has 1 aromatic heterocycles. The van der Waals surface area contributed by atoms with Crippen LogP contribution in [0.15, 0.2) is 40.9 Å². The summed E-state index contributed by atoms with van der Waals surface area (Å²) in [7, 11) is 0. The van der Waals surface area contributed by atoms with Crippen molar-refractivity contribution in [2.24, 2.45) is 0 Å². The first-order valence-electron chi connectivity index (χ1n) is 5.45. The molecule has 2 N–H and O–H groups in total. The van der Waals surface area contributed by atoms with Gasteiger partial charge in [-0.25, -0.2) is 9.37 Å². The molecule has 0 atom stereocenters. The summed E-state index contributed by atoms with van der Waals surface area (Å²) < 4.78 is 16.9. The molecular weight excluding hydrogens is 424 g/mol. The van der Waals surface area contributed by atoms with Crippen molar-refractivity contribution >= 4 is 55.5 Å². The third kappa shape index (κ3) is 2.23. The highest BCUT2D eigenvalue weighted by molar-refractivity contribution is 14.1. The number of aromatic nitrogens is 2. The second-order valence-electron chi connectivity index (χ2n) is 4.04. The van der Waals surface area contributed by atoms with Crippen molar-refractivity contribution in [2.45, 2.75) is 0 Å². The van der Waals surface area contributed by atoms with E-state index in [0.717, 1.165) is 10.2 Å². The number of fused-ring (bicyclic) bond motifs is 1. The van der Waals surface area contributed by atoms with E-state index in [9.17, 15) is 4.39 Å². The molecule has 0 aliphatic heterocycles. The van der Waals surface area contributed by atoms with Crippen molar-refractivity contribution in [1.82, 2.24) is 9.55 Å². The van der Waals surface area contributed by atoms with Gasteiger partial charge in [0.1, 0.15) is 5.82 Å². The molecule has 1 heterocycles. The minimum atomic E-state index is -0.274. The van der Waals surface area contributed by atoms with Gasteiger partial charge in [-0.1, -0.05) is 22.0 Å². The molecule has 0 fully saturated rings. The Morgan fingerprint density at radius 1 is 1.26 bits per heavy atom. The number of hydrogen-bond donors (Lipinski definition) is 1. The van der Waals surface area contributed by atoms with Crippen LogP contribution in [0.1, 0.15) is 0 Å². The van der Waals surface area contributed by atoms with Crippen LogP contribution in [0, 0.1) is 9.39 Å². The third-order valence-corrected chi connectivity index (χ3v) is 4.11. The Kier molecular flexibility index (Phi) is 3.22. The van der Waals surface area contributed by atoms with Crippen LogP contribution in [-0.4, -0.2) is 9.55 Å². The summed E-state index contributed by atoms with van der Waals surface area (Å²) in [5, 5.41) is 0. The number of anilines is 1. The van der Waals surface area contributed by atoms with Gasteiger partial charge in [0.15, 0.2) is 0 Å². The maximum Gasteiger partial charge on any atom is 0.205 e. The lowest BCUT2D eigenvalue weighted by Gasteiger charge is -2.07. The average Bonchev–Trinajstić information content (AvgIpc) is 2.65. The Hall–Kier alpha value is -1.15. The van der Waals surface area contributed by atoms with E-state index in [1.165, 1.54) is 6.07 Å². The van der Waals surface area contributed by atoms with E-state index in [0.29, 0.717) is 20.6 Å². The van der Waals surface area contributed by atoms with Crippen LogP contribution in [0.5, 0.6) is 0 Å². The quantitative estimate of drug-likeness (QED) is 0.589. The van der Waals surface area contributed by atoms with E-state index in [2.05, 4.69) is 20.9 Å². The smallest absolute Gasteiger partial charge is 0.205 e. The second-order valence-corrected chi connectivity index (χ2v) is 6.12. The van der Waals surface area contributed by atoms with Crippen molar-refractivity contribution in [1.29, 1.82) is 0 Å². The fraction of sp³-hybridized carbons (Fsp3) is 0. The molecule has 96 valence electrons. The van der Waals surface area contributed by atoms with E-state index in [1.807, 2.05) is 46.9 Å². The van der Waals surface area contributed by atoms with Crippen molar-refractivity contribution in [3.05, 3.63) is 50.3 Å². The number of halogens is 3. The topological polar surface area (TPSA) is 43.8 Å². The standard InChI is InChI=1S/C13H8BrFIN3/c14-7-2-1-3-8(4-7)19-12-5-9(15)10(16)6-11(12)18-13(19)17/h1-6H,(H2,17,18). The van der Waals surface area contributed by atoms with Crippen molar-refractivity contribution < 1.29 is 4.39 Å². The van der Waals surface area contributed by atoms with E-state index in [4.69, 9.17) is 5.73 Å². The molecule has 3 aromatic rings. The zero-order chi connectivity index (χ0) is 13.6. The van der Waals surface area contributed by atoms with Gasteiger partial charge in [0.05, 0.1) is 20.3 Å². The van der Waals surface area contributed by atoms with Gasteiger partial charge >= 0.3 is 0 Å². The minimum absolute atomic E-state index is 0.274. The van der Waals surface area contributed by atoms with Crippen LogP contribution in [0.2, 0.25) is 0 Å². The Morgan fingerprint density at radius 2 is 2.05 bits per heavy atom. The van der Waals surface area contributed by atoms with Crippen LogP contribution in [-0.2, 0) is 0 Å². The molecule has 0 amide bonds. The maximum atomic E-state index is 13.7. The number of nitrogens with two attached hydrogens (primary N) is 1. The van der Waals surface area contributed by atoms with Gasteiger partial charge in [-0.3, -0.25) is 4.57 Å². The number of hydrogen-bond acceptors (Lipinski definition) is 2. The predicted octanol–water partition coefficient (Wildman–Crippen LogP) is 4.11. The molecule has 0 aliphatic rings. The summed E-state index contributed by atoms with van der Waals surface area (Å²) >= 11 is 5.35. The predicted molar refractivity (Wildman–Crippen MR) is 85.9 cm³/mol. The molecule has 0 radical (unpaired) electrons. The van der Waals surface area contributed by atoms with Gasteiger partial charge in [-0.05, 0) is 46.9 Å². The van der Waals surface area contributed by atoms with Crippen LogP contribution >= 0.6 is 38.5 Å². The Labute approximate surface area is 130 Å². The van der Waals surface area contributed by atoms with E-state index in [-0.39, 0.29) is 5.82 Å². The van der Waals surface area contributed by atoms with Gasteiger partial charge < -0.3 is 5.73 Å². The Bertz CT molecular complexity index is 785. The van der Waals surface area contributed by atoms with E-state index >= 15 is 0 Å². The fourth-order valence-corrected chi connectivity index (χ4v) is 2.82. The molecule has 6 heteroatoms.